The molecule has 1 aliphatic heterocycles. The molecule has 192 valence electrons. The number of fused-ring (bicyclic) bond motifs is 1. The molecule has 0 saturated carbocycles. The van der Waals surface area contributed by atoms with Gasteiger partial charge in [0.15, 0.2) is 34.4 Å². The van der Waals surface area contributed by atoms with Gasteiger partial charge in [-0.2, -0.15) is 0 Å². The first-order valence-electron chi connectivity index (χ1n) is 10.5. The minimum atomic E-state index is -1.91. The normalized spacial score (nSPS) is 24.1. The van der Waals surface area contributed by atoms with Crippen LogP contribution in [0.1, 0.15) is 27.8 Å². The topological polar surface area (TPSA) is 228 Å². The first kappa shape index (κ1) is 25.1. The molecule has 13 heteroatoms. The van der Waals surface area contributed by atoms with Crippen molar-refractivity contribution in [2.24, 2.45) is 0 Å². The quantitative estimate of drug-likeness (QED) is 0.172. The summed E-state index contributed by atoms with van der Waals surface area (Å²) in [6, 6.07) is 3.44. The number of aliphatic hydroxyl groups excluding tert-OH is 3. The first-order chi connectivity index (χ1) is 16.9. The molecule has 36 heavy (non-hydrogen) atoms. The van der Waals surface area contributed by atoms with E-state index in [2.05, 4.69) is 0 Å². The van der Waals surface area contributed by atoms with Crippen molar-refractivity contribution in [3.05, 3.63) is 51.4 Å². The Kier molecular flexibility index (Phi) is 6.41. The van der Waals surface area contributed by atoms with Crippen molar-refractivity contribution in [3.8, 4) is 28.7 Å². The van der Waals surface area contributed by atoms with Crippen LogP contribution < -0.4 is 5.43 Å². The van der Waals surface area contributed by atoms with Gasteiger partial charge in [-0.05, 0) is 19.1 Å². The Balaban J connectivity index is 1.86. The predicted molar refractivity (Wildman–Crippen MR) is 118 cm³/mol. The van der Waals surface area contributed by atoms with Crippen molar-refractivity contribution in [3.63, 3.8) is 0 Å². The number of ether oxygens (including phenoxy) is 2. The van der Waals surface area contributed by atoms with Crippen molar-refractivity contribution in [2.45, 2.75) is 37.4 Å². The molecule has 0 radical (unpaired) electrons. The van der Waals surface area contributed by atoms with Crippen LogP contribution in [0, 0.1) is 6.92 Å². The molecule has 0 amide bonds. The highest BCUT2D eigenvalue weighted by Gasteiger charge is 2.49. The molecule has 1 aromatic heterocycles. The molecule has 0 unspecified atom stereocenters. The summed E-state index contributed by atoms with van der Waals surface area (Å²) in [5, 5.41) is 80.2. The molecule has 3 aromatic rings. The first-order valence-corrected chi connectivity index (χ1v) is 10.5. The smallest absolute Gasteiger partial charge is 0.338 e. The summed E-state index contributed by atoms with van der Waals surface area (Å²) in [4.78, 5) is 25.3. The van der Waals surface area contributed by atoms with Crippen LogP contribution in [0.2, 0.25) is 0 Å². The minimum Gasteiger partial charge on any atom is -0.507 e. The summed E-state index contributed by atoms with van der Waals surface area (Å²) < 4.78 is 16.5. The highest BCUT2D eigenvalue weighted by molar-refractivity contribution is 5.91. The number of hydrogen-bond acceptors (Lipinski definition) is 13. The fourth-order valence-corrected chi connectivity index (χ4v) is 4.08. The third-order valence-electron chi connectivity index (χ3n) is 5.82. The fourth-order valence-electron chi connectivity index (χ4n) is 4.08. The van der Waals surface area contributed by atoms with E-state index in [9.17, 15) is 50.4 Å². The standard InChI is InChI=1S/C23H22O13/c1-7-2-9(25)15-10(26)5-11(27)16(20(15)34-7)21-22(19(32)18(31)14(6-24)35-21)36-23(33)8-3-12(28)17(30)13(29)4-8/h2-5,14,18-19,21-22,24,26-32H,6H2,1H3/t14-,18-,19+,21+,22-/m1/s1. The van der Waals surface area contributed by atoms with E-state index in [0.29, 0.717) is 0 Å². The number of esters is 1. The molecular formula is C23H22O13. The van der Waals surface area contributed by atoms with E-state index in [1.807, 2.05) is 0 Å². The third-order valence-corrected chi connectivity index (χ3v) is 5.82. The molecule has 0 bridgehead atoms. The molecule has 5 atom stereocenters. The molecule has 2 heterocycles. The summed E-state index contributed by atoms with van der Waals surface area (Å²) in [5.41, 5.74) is -1.83. The zero-order valence-corrected chi connectivity index (χ0v) is 18.5. The number of aliphatic hydroxyl groups is 3. The molecule has 4 rings (SSSR count). The van der Waals surface area contributed by atoms with E-state index in [-0.39, 0.29) is 22.3 Å². The summed E-state index contributed by atoms with van der Waals surface area (Å²) in [5.74, 6) is -5.07. The molecule has 2 aromatic carbocycles. The van der Waals surface area contributed by atoms with Crippen LogP contribution in [0.5, 0.6) is 28.7 Å². The van der Waals surface area contributed by atoms with Crippen LogP contribution in [0.3, 0.4) is 0 Å². The Morgan fingerprint density at radius 1 is 0.944 bits per heavy atom. The zero-order chi connectivity index (χ0) is 26.5. The third kappa shape index (κ3) is 4.13. The Morgan fingerprint density at radius 3 is 2.19 bits per heavy atom. The molecule has 8 N–H and O–H groups in total. The lowest BCUT2D eigenvalue weighted by molar-refractivity contribution is -0.231. The van der Waals surface area contributed by atoms with Gasteiger partial charge >= 0.3 is 5.97 Å². The second kappa shape index (κ2) is 9.20. The van der Waals surface area contributed by atoms with E-state index in [0.717, 1.165) is 24.3 Å². The maximum absolute atomic E-state index is 12.8. The van der Waals surface area contributed by atoms with E-state index in [1.54, 1.807) is 0 Å². The molecule has 13 nitrogen and oxygen atoms in total. The lowest BCUT2D eigenvalue weighted by atomic mass is 9.89. The van der Waals surface area contributed by atoms with Gasteiger partial charge in [0.2, 0.25) is 0 Å². The second-order valence-electron chi connectivity index (χ2n) is 8.25. The van der Waals surface area contributed by atoms with Crippen LogP contribution >= 0.6 is 0 Å². The average Bonchev–Trinajstić information content (AvgIpc) is 2.80. The van der Waals surface area contributed by atoms with E-state index in [1.165, 1.54) is 6.92 Å². The van der Waals surface area contributed by atoms with Gasteiger partial charge in [-0.1, -0.05) is 0 Å². The van der Waals surface area contributed by atoms with Crippen LogP contribution in [0.15, 0.2) is 33.5 Å². The number of hydrogen-bond donors (Lipinski definition) is 8. The molecule has 1 fully saturated rings. The van der Waals surface area contributed by atoms with Crippen molar-refractivity contribution in [1.82, 2.24) is 0 Å². The minimum absolute atomic E-state index is 0.0810. The lowest BCUT2D eigenvalue weighted by Crippen LogP contribution is -2.56. The average molecular weight is 506 g/mol. The van der Waals surface area contributed by atoms with Crippen LogP contribution in [-0.2, 0) is 9.47 Å². The van der Waals surface area contributed by atoms with Crippen molar-refractivity contribution >= 4 is 16.9 Å². The number of rotatable bonds is 4. The number of phenols is 5. The van der Waals surface area contributed by atoms with Gasteiger partial charge in [-0.3, -0.25) is 4.79 Å². The SMILES string of the molecule is Cc1cc(=O)c2c(O)cc(O)c([C@@H]3O[C@H](CO)[C@@H](O)[C@H](O)[C@H]3OC(=O)c3cc(O)c(O)c(O)c3)c2o1. The predicted octanol–water partition coefficient (Wildman–Crippen LogP) is 0.00902. The van der Waals surface area contributed by atoms with Crippen molar-refractivity contribution in [2.75, 3.05) is 6.61 Å². The van der Waals surface area contributed by atoms with Gasteiger partial charge in [0.25, 0.3) is 0 Å². The number of carbonyl (C=O) groups is 1. The van der Waals surface area contributed by atoms with Crippen molar-refractivity contribution in [1.29, 1.82) is 0 Å². The molecule has 1 saturated heterocycles. The monoisotopic (exact) mass is 506 g/mol. The van der Waals surface area contributed by atoms with Crippen LogP contribution in [0.25, 0.3) is 11.0 Å². The van der Waals surface area contributed by atoms with Gasteiger partial charge in [0, 0.05) is 12.1 Å². The van der Waals surface area contributed by atoms with Gasteiger partial charge in [0.05, 0.1) is 17.7 Å². The maximum atomic E-state index is 12.8. The fraction of sp³-hybridized carbons (Fsp3) is 0.304. The van der Waals surface area contributed by atoms with Gasteiger partial charge in [-0.15, -0.1) is 0 Å². The highest BCUT2D eigenvalue weighted by atomic mass is 16.6. The lowest BCUT2D eigenvalue weighted by Gasteiger charge is -2.42. The molecule has 1 aliphatic rings. The van der Waals surface area contributed by atoms with E-state index in [4.69, 9.17) is 13.9 Å². The Bertz CT molecular complexity index is 1370. The van der Waals surface area contributed by atoms with Crippen molar-refractivity contribution < 1.29 is 59.5 Å². The van der Waals surface area contributed by atoms with Gasteiger partial charge < -0.3 is 54.7 Å². The van der Waals surface area contributed by atoms with Gasteiger partial charge in [-0.25, -0.2) is 4.79 Å². The molecule has 0 aliphatic carbocycles. The van der Waals surface area contributed by atoms with E-state index >= 15 is 0 Å². The number of aromatic hydroxyl groups is 5. The molecular weight excluding hydrogens is 484 g/mol. The molecule has 0 spiro atoms. The largest absolute Gasteiger partial charge is 0.507 e. The highest BCUT2D eigenvalue weighted by Crippen LogP contribution is 2.44. The summed E-state index contributed by atoms with van der Waals surface area (Å²) in [7, 11) is 0. The summed E-state index contributed by atoms with van der Waals surface area (Å²) in [6.07, 6.45) is -8.58. The van der Waals surface area contributed by atoms with Crippen LogP contribution in [0.4, 0.5) is 0 Å². The maximum Gasteiger partial charge on any atom is 0.338 e. The second-order valence-corrected chi connectivity index (χ2v) is 8.25. The van der Waals surface area contributed by atoms with E-state index < -0.39 is 82.8 Å². The Labute approximate surface area is 201 Å². The Morgan fingerprint density at radius 2 is 1.58 bits per heavy atom. The van der Waals surface area contributed by atoms with Gasteiger partial charge in [0.1, 0.15) is 47.1 Å². The number of benzene rings is 2. The summed E-state index contributed by atoms with van der Waals surface area (Å²) >= 11 is 0. The number of aryl methyl sites for hydroxylation is 1. The Hall–Kier alpha value is -4.04. The zero-order valence-electron chi connectivity index (χ0n) is 18.5. The summed E-state index contributed by atoms with van der Waals surface area (Å²) in [6.45, 7) is 0.624. The number of phenolic OH excluding ortho intramolecular Hbond substituents is 5. The van der Waals surface area contributed by atoms with Crippen LogP contribution in [-0.4, -0.2) is 77.8 Å². The number of carbonyl (C=O) groups excluding carboxylic acids is 1.